The van der Waals surface area contributed by atoms with Gasteiger partial charge in [0, 0.05) is 28.0 Å². The van der Waals surface area contributed by atoms with Crippen molar-refractivity contribution in [3.8, 4) is 0 Å². The maximum atomic E-state index is 5.88. The summed E-state index contributed by atoms with van der Waals surface area (Å²) in [6.07, 6.45) is 8.42. The lowest BCUT2D eigenvalue weighted by atomic mass is 9.89. The zero-order valence-corrected chi connectivity index (χ0v) is 12.5. The van der Waals surface area contributed by atoms with Crippen LogP contribution in [0.15, 0.2) is 0 Å². The highest BCUT2D eigenvalue weighted by atomic mass is 32.2. The standard InChI is InChI=1S/C13H26N2S2/c1-10-13(17-9-8-16-10)12(15-14)11-6-4-2-3-5-7-11/h10-13,15H,2-9,14H2,1H3. The minimum atomic E-state index is 0.529. The summed E-state index contributed by atoms with van der Waals surface area (Å²) in [4.78, 5) is 0. The molecule has 0 aromatic rings. The molecule has 0 spiro atoms. The molecule has 0 amide bonds. The molecule has 100 valence electrons. The third-order valence-corrected chi connectivity index (χ3v) is 7.41. The SMILES string of the molecule is CC1SCCSC1C(NN)C1CCCCCC1. The maximum Gasteiger partial charge on any atom is 0.0368 e. The van der Waals surface area contributed by atoms with E-state index in [0.717, 1.165) is 11.2 Å². The molecule has 1 saturated carbocycles. The van der Waals surface area contributed by atoms with Gasteiger partial charge in [0.15, 0.2) is 0 Å². The molecule has 0 aromatic heterocycles. The number of hydrogen-bond donors (Lipinski definition) is 2. The Labute approximate surface area is 114 Å². The molecule has 17 heavy (non-hydrogen) atoms. The highest BCUT2D eigenvalue weighted by Crippen LogP contribution is 2.37. The molecule has 0 aromatic carbocycles. The van der Waals surface area contributed by atoms with Crippen molar-refractivity contribution in [3.05, 3.63) is 0 Å². The summed E-state index contributed by atoms with van der Waals surface area (Å²) in [5.74, 6) is 9.29. The van der Waals surface area contributed by atoms with Crippen LogP contribution in [-0.4, -0.2) is 28.0 Å². The molecule has 1 heterocycles. The number of thioether (sulfide) groups is 2. The van der Waals surface area contributed by atoms with Gasteiger partial charge in [-0.1, -0.05) is 32.6 Å². The summed E-state index contributed by atoms with van der Waals surface area (Å²) in [5, 5.41) is 1.46. The fourth-order valence-electron chi connectivity index (χ4n) is 3.21. The Hall–Kier alpha value is 0.620. The molecule has 0 bridgehead atoms. The largest absolute Gasteiger partial charge is 0.271 e. The summed E-state index contributed by atoms with van der Waals surface area (Å²) in [6, 6.07) is 0.529. The molecule has 2 rings (SSSR count). The first-order chi connectivity index (χ1) is 8.33. The molecule has 0 radical (unpaired) electrons. The van der Waals surface area contributed by atoms with E-state index in [0.29, 0.717) is 11.3 Å². The molecule has 3 atom stereocenters. The number of hydrazine groups is 1. The van der Waals surface area contributed by atoms with Crippen molar-refractivity contribution in [3.63, 3.8) is 0 Å². The highest BCUT2D eigenvalue weighted by molar-refractivity contribution is 8.07. The zero-order chi connectivity index (χ0) is 12.1. The van der Waals surface area contributed by atoms with Crippen LogP contribution in [0.2, 0.25) is 0 Å². The Bertz CT molecular complexity index is 217. The van der Waals surface area contributed by atoms with Crippen LogP contribution in [0.5, 0.6) is 0 Å². The van der Waals surface area contributed by atoms with E-state index in [-0.39, 0.29) is 0 Å². The fraction of sp³-hybridized carbons (Fsp3) is 1.00. The Morgan fingerprint density at radius 3 is 2.29 bits per heavy atom. The van der Waals surface area contributed by atoms with Gasteiger partial charge in [0.05, 0.1) is 0 Å². The van der Waals surface area contributed by atoms with Crippen LogP contribution >= 0.6 is 23.5 Å². The maximum absolute atomic E-state index is 5.88. The van der Waals surface area contributed by atoms with E-state index in [2.05, 4.69) is 35.9 Å². The van der Waals surface area contributed by atoms with Gasteiger partial charge in [-0.05, 0) is 18.8 Å². The zero-order valence-electron chi connectivity index (χ0n) is 10.9. The molecular weight excluding hydrogens is 248 g/mol. The monoisotopic (exact) mass is 274 g/mol. The molecule has 2 nitrogen and oxygen atoms in total. The Morgan fingerprint density at radius 2 is 1.71 bits per heavy atom. The van der Waals surface area contributed by atoms with Gasteiger partial charge in [0.25, 0.3) is 0 Å². The Balaban J connectivity index is 1.97. The summed E-state index contributed by atoms with van der Waals surface area (Å²) < 4.78 is 0. The van der Waals surface area contributed by atoms with E-state index in [1.807, 2.05) is 0 Å². The Kier molecular flexibility index (Phi) is 6.00. The first kappa shape index (κ1) is 14.0. The highest BCUT2D eigenvalue weighted by Gasteiger charge is 2.34. The van der Waals surface area contributed by atoms with E-state index in [1.165, 1.54) is 50.0 Å². The van der Waals surface area contributed by atoms with Crippen LogP contribution in [0.4, 0.5) is 0 Å². The predicted molar refractivity (Wildman–Crippen MR) is 80.5 cm³/mol. The Morgan fingerprint density at radius 1 is 1.06 bits per heavy atom. The lowest BCUT2D eigenvalue weighted by Crippen LogP contribution is -2.51. The number of nitrogens with two attached hydrogens (primary N) is 1. The fourth-order valence-corrected chi connectivity index (χ4v) is 6.24. The van der Waals surface area contributed by atoms with Crippen molar-refractivity contribution in [2.24, 2.45) is 11.8 Å². The van der Waals surface area contributed by atoms with Crippen LogP contribution < -0.4 is 11.3 Å². The second-order valence-electron chi connectivity index (χ2n) is 5.36. The van der Waals surface area contributed by atoms with Crippen molar-refractivity contribution in [2.75, 3.05) is 11.5 Å². The van der Waals surface area contributed by atoms with Crippen LogP contribution in [0, 0.1) is 5.92 Å². The van der Waals surface area contributed by atoms with E-state index in [9.17, 15) is 0 Å². The molecule has 1 aliphatic heterocycles. The van der Waals surface area contributed by atoms with Crippen molar-refractivity contribution < 1.29 is 0 Å². The molecular formula is C13H26N2S2. The van der Waals surface area contributed by atoms with Crippen LogP contribution in [-0.2, 0) is 0 Å². The van der Waals surface area contributed by atoms with Gasteiger partial charge in [0.1, 0.15) is 0 Å². The van der Waals surface area contributed by atoms with Gasteiger partial charge >= 0.3 is 0 Å². The number of rotatable bonds is 3. The van der Waals surface area contributed by atoms with E-state index in [4.69, 9.17) is 5.84 Å². The van der Waals surface area contributed by atoms with Gasteiger partial charge < -0.3 is 0 Å². The molecule has 1 saturated heterocycles. The third kappa shape index (κ3) is 3.79. The first-order valence-electron chi connectivity index (χ1n) is 7.02. The quantitative estimate of drug-likeness (QED) is 0.471. The van der Waals surface area contributed by atoms with Gasteiger partial charge in [-0.25, -0.2) is 0 Å². The molecule has 2 fully saturated rings. The second-order valence-corrected chi connectivity index (χ2v) is 8.13. The van der Waals surface area contributed by atoms with Crippen molar-refractivity contribution in [2.45, 2.75) is 62.0 Å². The van der Waals surface area contributed by atoms with Crippen LogP contribution in [0.1, 0.15) is 45.4 Å². The average molecular weight is 274 g/mol. The number of hydrogen-bond acceptors (Lipinski definition) is 4. The van der Waals surface area contributed by atoms with Crippen LogP contribution in [0.25, 0.3) is 0 Å². The predicted octanol–water partition coefficient (Wildman–Crippen LogP) is 3.03. The summed E-state index contributed by atoms with van der Waals surface area (Å²) in [7, 11) is 0. The lowest BCUT2D eigenvalue weighted by molar-refractivity contribution is 0.314. The molecule has 3 N–H and O–H groups in total. The van der Waals surface area contributed by atoms with Crippen LogP contribution in [0.3, 0.4) is 0 Å². The second kappa shape index (κ2) is 7.27. The topological polar surface area (TPSA) is 38.0 Å². The smallest absolute Gasteiger partial charge is 0.0368 e. The summed E-state index contributed by atoms with van der Waals surface area (Å²) >= 11 is 4.26. The van der Waals surface area contributed by atoms with Crippen molar-refractivity contribution >= 4 is 23.5 Å². The average Bonchev–Trinajstić information content (AvgIpc) is 2.62. The van der Waals surface area contributed by atoms with E-state index < -0.39 is 0 Å². The van der Waals surface area contributed by atoms with Gasteiger partial charge in [0.2, 0.25) is 0 Å². The van der Waals surface area contributed by atoms with E-state index in [1.54, 1.807) is 0 Å². The normalized spacial score (nSPS) is 34.2. The molecule has 3 unspecified atom stereocenters. The lowest BCUT2D eigenvalue weighted by Gasteiger charge is -2.38. The van der Waals surface area contributed by atoms with Crippen molar-refractivity contribution in [1.29, 1.82) is 0 Å². The number of nitrogens with one attached hydrogen (secondary N) is 1. The van der Waals surface area contributed by atoms with Gasteiger partial charge in [-0.15, -0.1) is 0 Å². The first-order valence-corrected chi connectivity index (χ1v) is 9.12. The molecule has 2 aliphatic rings. The van der Waals surface area contributed by atoms with E-state index >= 15 is 0 Å². The minimum absolute atomic E-state index is 0.529. The molecule has 1 aliphatic carbocycles. The van der Waals surface area contributed by atoms with Gasteiger partial charge in [-0.2, -0.15) is 23.5 Å². The van der Waals surface area contributed by atoms with Crippen molar-refractivity contribution in [1.82, 2.24) is 5.43 Å². The molecule has 4 heteroatoms. The third-order valence-electron chi connectivity index (χ3n) is 4.19. The summed E-state index contributed by atoms with van der Waals surface area (Å²) in [6.45, 7) is 2.38. The summed E-state index contributed by atoms with van der Waals surface area (Å²) in [5.41, 5.74) is 3.17. The minimum Gasteiger partial charge on any atom is -0.271 e. The van der Waals surface area contributed by atoms with Gasteiger partial charge in [-0.3, -0.25) is 11.3 Å².